The maximum Gasteiger partial charge on any atom is 0.326 e. The summed E-state index contributed by atoms with van der Waals surface area (Å²) in [6.45, 7) is 1.94. The van der Waals surface area contributed by atoms with Crippen LogP contribution in [0.2, 0.25) is 5.02 Å². The zero-order valence-electron chi connectivity index (χ0n) is 9.87. The third-order valence-corrected chi connectivity index (χ3v) is 2.66. The third-order valence-electron chi connectivity index (χ3n) is 2.37. The number of nitrogens with one attached hydrogen (secondary N) is 1. The first-order valence-corrected chi connectivity index (χ1v) is 5.79. The van der Waals surface area contributed by atoms with Crippen LogP contribution in [0.5, 0.6) is 5.75 Å². The van der Waals surface area contributed by atoms with Crippen LogP contribution >= 0.6 is 11.6 Å². The lowest BCUT2D eigenvalue weighted by atomic mass is 10.1. The highest BCUT2D eigenvalue weighted by Gasteiger charge is 2.16. The molecule has 4 nitrogen and oxygen atoms in total. The second kappa shape index (κ2) is 6.35. The van der Waals surface area contributed by atoms with Crippen LogP contribution in [0.25, 0.3) is 0 Å². The molecule has 0 saturated carbocycles. The molecule has 2 N–H and O–H groups in total. The van der Waals surface area contributed by atoms with Gasteiger partial charge < -0.3 is 15.2 Å². The minimum atomic E-state index is -0.862. The molecule has 0 amide bonds. The molecule has 0 bridgehead atoms. The molecule has 0 saturated heterocycles. The predicted molar refractivity (Wildman–Crippen MR) is 68.0 cm³/mol. The Balaban J connectivity index is 2.79. The Hall–Kier alpha value is -1.42. The number of hydrogen-bond donors (Lipinski definition) is 2. The van der Waals surface area contributed by atoms with E-state index in [0.717, 1.165) is 6.42 Å². The average Bonchev–Trinajstić information content (AvgIpc) is 2.28. The van der Waals surface area contributed by atoms with Gasteiger partial charge in [0.1, 0.15) is 11.8 Å². The van der Waals surface area contributed by atoms with Crippen LogP contribution in [0.4, 0.5) is 5.69 Å². The van der Waals surface area contributed by atoms with E-state index in [0.29, 0.717) is 22.9 Å². The number of carbonyl (C=O) groups is 1. The minimum Gasteiger partial charge on any atom is -0.495 e. The molecule has 0 aliphatic heterocycles. The number of halogens is 1. The molecule has 5 heteroatoms. The van der Waals surface area contributed by atoms with Crippen molar-refractivity contribution in [3.8, 4) is 5.75 Å². The summed E-state index contributed by atoms with van der Waals surface area (Å²) in [5.41, 5.74) is 0.677. The van der Waals surface area contributed by atoms with Crippen molar-refractivity contribution >= 4 is 23.3 Å². The number of carboxylic acids is 1. The van der Waals surface area contributed by atoms with Crippen molar-refractivity contribution in [2.24, 2.45) is 0 Å². The molecule has 1 aromatic carbocycles. The van der Waals surface area contributed by atoms with Gasteiger partial charge in [0.2, 0.25) is 0 Å². The van der Waals surface area contributed by atoms with E-state index in [1.54, 1.807) is 18.2 Å². The first-order chi connectivity index (χ1) is 8.08. The molecule has 94 valence electrons. The lowest BCUT2D eigenvalue weighted by Gasteiger charge is -2.15. The molecule has 0 fully saturated rings. The van der Waals surface area contributed by atoms with Gasteiger partial charge in [-0.15, -0.1) is 0 Å². The summed E-state index contributed by atoms with van der Waals surface area (Å²) >= 11 is 5.96. The monoisotopic (exact) mass is 257 g/mol. The number of hydrogen-bond acceptors (Lipinski definition) is 3. The van der Waals surface area contributed by atoms with E-state index in [4.69, 9.17) is 21.4 Å². The quantitative estimate of drug-likeness (QED) is 0.823. The molecule has 0 radical (unpaired) electrons. The number of methoxy groups -OCH3 is 1. The number of benzene rings is 1. The second-order valence-electron chi connectivity index (χ2n) is 3.67. The highest BCUT2D eigenvalue weighted by molar-refractivity contribution is 6.32. The maximum atomic E-state index is 11.0. The first-order valence-electron chi connectivity index (χ1n) is 5.41. The lowest BCUT2D eigenvalue weighted by Crippen LogP contribution is -2.28. The Bertz CT molecular complexity index is 395. The van der Waals surface area contributed by atoms with Crippen LogP contribution in [-0.2, 0) is 4.79 Å². The molecule has 0 heterocycles. The molecule has 1 aromatic rings. The zero-order valence-corrected chi connectivity index (χ0v) is 10.6. The Kier molecular flexibility index (Phi) is 5.10. The van der Waals surface area contributed by atoms with Gasteiger partial charge in [0, 0.05) is 5.69 Å². The van der Waals surface area contributed by atoms with Crippen molar-refractivity contribution in [3.05, 3.63) is 23.2 Å². The van der Waals surface area contributed by atoms with Crippen LogP contribution in [0.1, 0.15) is 19.8 Å². The summed E-state index contributed by atoms with van der Waals surface area (Å²) in [5.74, 6) is -0.293. The SMILES string of the molecule is CCC[C@@H](Nc1ccc(OC)c(Cl)c1)C(=O)O. The van der Waals surface area contributed by atoms with E-state index in [1.807, 2.05) is 6.92 Å². The number of carboxylic acid groups (broad SMARTS) is 1. The van der Waals surface area contributed by atoms with Crippen LogP contribution in [0, 0.1) is 0 Å². The summed E-state index contributed by atoms with van der Waals surface area (Å²) in [7, 11) is 1.53. The Morgan fingerprint density at radius 2 is 2.29 bits per heavy atom. The van der Waals surface area contributed by atoms with Crippen LogP contribution < -0.4 is 10.1 Å². The normalized spacial score (nSPS) is 11.9. The molecule has 0 spiro atoms. The van der Waals surface area contributed by atoms with E-state index in [1.165, 1.54) is 7.11 Å². The van der Waals surface area contributed by atoms with Gasteiger partial charge in [-0.3, -0.25) is 0 Å². The van der Waals surface area contributed by atoms with Crippen LogP contribution in [0.15, 0.2) is 18.2 Å². The van der Waals surface area contributed by atoms with Gasteiger partial charge in [-0.25, -0.2) is 4.79 Å². The topological polar surface area (TPSA) is 58.6 Å². The Morgan fingerprint density at radius 1 is 1.59 bits per heavy atom. The number of aliphatic carboxylic acids is 1. The zero-order chi connectivity index (χ0) is 12.8. The van der Waals surface area contributed by atoms with Gasteiger partial charge in [0.25, 0.3) is 0 Å². The third kappa shape index (κ3) is 3.82. The van der Waals surface area contributed by atoms with Crippen molar-refractivity contribution in [1.82, 2.24) is 0 Å². The number of rotatable bonds is 6. The molecule has 0 aromatic heterocycles. The number of ether oxygens (including phenoxy) is 1. The van der Waals surface area contributed by atoms with Gasteiger partial charge in [0.15, 0.2) is 0 Å². The summed E-state index contributed by atoms with van der Waals surface area (Å²) in [4.78, 5) is 11.0. The summed E-state index contributed by atoms with van der Waals surface area (Å²) < 4.78 is 5.02. The van der Waals surface area contributed by atoms with E-state index in [9.17, 15) is 4.79 Å². The summed E-state index contributed by atoms with van der Waals surface area (Å²) in [5, 5.41) is 12.4. The lowest BCUT2D eigenvalue weighted by molar-refractivity contribution is -0.138. The first kappa shape index (κ1) is 13.6. The van der Waals surface area contributed by atoms with Crippen molar-refractivity contribution in [2.45, 2.75) is 25.8 Å². The molecular weight excluding hydrogens is 242 g/mol. The molecule has 17 heavy (non-hydrogen) atoms. The fourth-order valence-corrected chi connectivity index (χ4v) is 1.76. The van der Waals surface area contributed by atoms with Crippen molar-refractivity contribution < 1.29 is 14.6 Å². The number of anilines is 1. The highest BCUT2D eigenvalue weighted by Crippen LogP contribution is 2.27. The molecule has 1 atom stereocenters. The fraction of sp³-hybridized carbons (Fsp3) is 0.417. The van der Waals surface area contributed by atoms with E-state index in [-0.39, 0.29) is 0 Å². The van der Waals surface area contributed by atoms with Gasteiger partial charge in [-0.1, -0.05) is 24.9 Å². The van der Waals surface area contributed by atoms with E-state index >= 15 is 0 Å². The second-order valence-corrected chi connectivity index (χ2v) is 4.08. The maximum absolute atomic E-state index is 11.0. The Morgan fingerprint density at radius 3 is 2.76 bits per heavy atom. The van der Waals surface area contributed by atoms with Gasteiger partial charge >= 0.3 is 5.97 Å². The van der Waals surface area contributed by atoms with Gasteiger partial charge in [0.05, 0.1) is 12.1 Å². The van der Waals surface area contributed by atoms with Crippen molar-refractivity contribution in [1.29, 1.82) is 0 Å². The molecular formula is C12H16ClNO3. The van der Waals surface area contributed by atoms with Gasteiger partial charge in [-0.2, -0.15) is 0 Å². The predicted octanol–water partition coefficient (Wildman–Crippen LogP) is 3.01. The average molecular weight is 258 g/mol. The standard InChI is InChI=1S/C12H16ClNO3/c1-3-4-10(12(15)16)14-8-5-6-11(17-2)9(13)7-8/h5-7,10,14H,3-4H2,1-2H3,(H,15,16)/t10-/m1/s1. The molecule has 0 unspecified atom stereocenters. The Labute approximate surface area is 106 Å². The smallest absolute Gasteiger partial charge is 0.326 e. The summed E-state index contributed by atoms with van der Waals surface area (Å²) in [6, 6.07) is 4.52. The van der Waals surface area contributed by atoms with E-state index in [2.05, 4.69) is 5.32 Å². The van der Waals surface area contributed by atoms with Gasteiger partial charge in [-0.05, 0) is 24.6 Å². The fourth-order valence-electron chi connectivity index (χ4n) is 1.50. The van der Waals surface area contributed by atoms with Crippen LogP contribution in [-0.4, -0.2) is 24.2 Å². The largest absolute Gasteiger partial charge is 0.495 e. The molecule has 0 aliphatic carbocycles. The van der Waals surface area contributed by atoms with E-state index < -0.39 is 12.0 Å². The van der Waals surface area contributed by atoms with Crippen molar-refractivity contribution in [3.63, 3.8) is 0 Å². The highest BCUT2D eigenvalue weighted by atomic mass is 35.5. The molecule has 1 rings (SSSR count). The van der Waals surface area contributed by atoms with Crippen LogP contribution in [0.3, 0.4) is 0 Å². The van der Waals surface area contributed by atoms with Crippen molar-refractivity contribution in [2.75, 3.05) is 12.4 Å². The molecule has 0 aliphatic rings. The summed E-state index contributed by atoms with van der Waals surface area (Å²) in [6.07, 6.45) is 1.37. The minimum absolute atomic E-state index is 0.457.